The van der Waals surface area contributed by atoms with Gasteiger partial charge in [-0.2, -0.15) is 0 Å². The predicted octanol–water partition coefficient (Wildman–Crippen LogP) is 2.97. The lowest BCUT2D eigenvalue weighted by Crippen LogP contribution is -2.31. The Morgan fingerprint density at radius 2 is 2.14 bits per heavy atom. The minimum Gasteiger partial charge on any atom is -0.349 e. The first kappa shape index (κ1) is 20.0. The van der Waals surface area contributed by atoms with Crippen LogP contribution in [0.4, 0.5) is 0 Å². The maximum atomic E-state index is 12.1. The number of benzene rings is 1. The monoisotopic (exact) mass is 414 g/mol. The van der Waals surface area contributed by atoms with Crippen LogP contribution in [0.1, 0.15) is 20.8 Å². The van der Waals surface area contributed by atoms with Crippen molar-refractivity contribution in [2.45, 2.75) is 6.10 Å². The molecular weight excluding hydrogens is 396 g/mol. The maximum absolute atomic E-state index is 12.1. The number of nitrogens with zero attached hydrogens (tertiary/aromatic N) is 1. The molecule has 1 aliphatic rings. The predicted molar refractivity (Wildman–Crippen MR) is 112 cm³/mol. The van der Waals surface area contributed by atoms with Crippen molar-refractivity contribution in [3.63, 3.8) is 0 Å². The van der Waals surface area contributed by atoms with Crippen LogP contribution >= 0.6 is 22.9 Å². The van der Waals surface area contributed by atoms with Gasteiger partial charge in [-0.15, -0.1) is 17.8 Å². The fourth-order valence-corrected chi connectivity index (χ4v) is 3.57. The highest BCUT2D eigenvalue weighted by molar-refractivity contribution is 7.17. The number of carbonyl (C=O) groups is 1. The summed E-state index contributed by atoms with van der Waals surface area (Å²) < 4.78 is 0.577. The highest BCUT2D eigenvalue weighted by Crippen LogP contribution is 2.22. The third kappa shape index (κ3) is 4.73. The molecule has 0 saturated carbocycles. The van der Waals surface area contributed by atoms with E-state index in [0.29, 0.717) is 28.1 Å². The second-order valence-electron chi connectivity index (χ2n) is 6.14. The van der Waals surface area contributed by atoms with Crippen molar-refractivity contribution in [3.8, 4) is 12.3 Å². The molecule has 3 rings (SSSR count). The average molecular weight is 415 g/mol. The Morgan fingerprint density at radius 3 is 2.79 bits per heavy atom. The van der Waals surface area contributed by atoms with E-state index in [4.69, 9.17) is 28.3 Å². The van der Waals surface area contributed by atoms with Crippen LogP contribution in [-0.2, 0) is 4.84 Å². The van der Waals surface area contributed by atoms with Gasteiger partial charge in [-0.1, -0.05) is 41.8 Å². The van der Waals surface area contributed by atoms with Gasteiger partial charge in [0.15, 0.2) is 0 Å². The number of hydroxylamine groups is 1. The van der Waals surface area contributed by atoms with Gasteiger partial charge in [-0.25, -0.2) is 0 Å². The van der Waals surface area contributed by atoms with E-state index in [2.05, 4.69) is 16.7 Å². The van der Waals surface area contributed by atoms with Gasteiger partial charge >= 0.3 is 0 Å². The summed E-state index contributed by atoms with van der Waals surface area (Å²) in [4.78, 5) is 19.8. The summed E-state index contributed by atoms with van der Waals surface area (Å²) in [7, 11) is 1.79. The van der Waals surface area contributed by atoms with Crippen LogP contribution in [0.5, 0.6) is 0 Å². The van der Waals surface area contributed by atoms with E-state index in [0.717, 1.165) is 16.8 Å². The molecule has 1 unspecified atom stereocenters. The number of halogens is 1. The van der Waals surface area contributed by atoms with Gasteiger partial charge in [0, 0.05) is 12.6 Å². The molecule has 2 heterocycles. The van der Waals surface area contributed by atoms with Gasteiger partial charge in [0.25, 0.3) is 5.91 Å². The molecule has 6 nitrogen and oxygen atoms in total. The van der Waals surface area contributed by atoms with Crippen molar-refractivity contribution in [1.29, 1.82) is 5.41 Å². The molecule has 8 heteroatoms. The number of hydrogen-bond donors (Lipinski definition) is 3. The third-order valence-electron chi connectivity index (χ3n) is 4.11. The first-order valence-electron chi connectivity index (χ1n) is 8.49. The SMILES string of the molecule is C#CCN(C)C(=N)c1ccc(C2=CC(CNC(=O)c3ccc(Cl)s3)ON2)cc1. The highest BCUT2D eigenvalue weighted by Gasteiger charge is 2.19. The number of thiophene rings is 1. The van der Waals surface area contributed by atoms with Gasteiger partial charge in [-0.05, 0) is 23.8 Å². The second-order valence-corrected chi connectivity index (χ2v) is 7.85. The molecule has 0 fully saturated rings. The van der Waals surface area contributed by atoms with E-state index in [1.54, 1.807) is 24.1 Å². The van der Waals surface area contributed by atoms with Crippen molar-refractivity contribution < 1.29 is 9.63 Å². The molecule has 1 aromatic heterocycles. The lowest BCUT2D eigenvalue weighted by molar-refractivity contribution is 0.0499. The maximum Gasteiger partial charge on any atom is 0.261 e. The van der Waals surface area contributed by atoms with Crippen LogP contribution in [0.25, 0.3) is 5.70 Å². The molecule has 1 amide bonds. The number of amides is 1. The van der Waals surface area contributed by atoms with Gasteiger partial charge in [0.1, 0.15) is 11.9 Å². The lowest BCUT2D eigenvalue weighted by atomic mass is 10.1. The number of hydrogen-bond acceptors (Lipinski definition) is 5. The molecule has 0 radical (unpaired) electrons. The van der Waals surface area contributed by atoms with Crippen LogP contribution in [0.2, 0.25) is 4.34 Å². The molecule has 28 heavy (non-hydrogen) atoms. The Bertz CT molecular complexity index is 946. The largest absolute Gasteiger partial charge is 0.349 e. The molecule has 2 aromatic rings. The van der Waals surface area contributed by atoms with Crippen molar-refractivity contribution in [3.05, 3.63) is 62.8 Å². The van der Waals surface area contributed by atoms with Gasteiger partial charge < -0.3 is 10.2 Å². The molecule has 1 aliphatic heterocycles. The summed E-state index contributed by atoms with van der Waals surface area (Å²) in [5.41, 5.74) is 5.40. The van der Waals surface area contributed by atoms with Crippen molar-refractivity contribution >= 4 is 40.4 Å². The first-order chi connectivity index (χ1) is 13.5. The van der Waals surface area contributed by atoms with Crippen molar-refractivity contribution in [2.24, 2.45) is 0 Å². The second kappa shape index (κ2) is 8.93. The summed E-state index contributed by atoms with van der Waals surface area (Å²) in [6.07, 6.45) is 6.92. The number of amidine groups is 1. The Labute approximate surface area is 172 Å². The summed E-state index contributed by atoms with van der Waals surface area (Å²) >= 11 is 7.09. The van der Waals surface area contributed by atoms with Crippen LogP contribution in [0.3, 0.4) is 0 Å². The van der Waals surface area contributed by atoms with E-state index < -0.39 is 0 Å². The molecular formula is C20H19ClN4O2S. The minimum atomic E-state index is -0.283. The lowest BCUT2D eigenvalue weighted by Gasteiger charge is -2.17. The zero-order valence-electron chi connectivity index (χ0n) is 15.2. The van der Waals surface area contributed by atoms with Crippen LogP contribution in [-0.4, -0.2) is 42.9 Å². The topological polar surface area (TPSA) is 77.5 Å². The van der Waals surface area contributed by atoms with Crippen LogP contribution in [0, 0.1) is 17.8 Å². The number of carbonyl (C=O) groups excluding carboxylic acids is 1. The summed E-state index contributed by atoms with van der Waals surface area (Å²) in [5.74, 6) is 2.71. The Hall–Kier alpha value is -2.79. The van der Waals surface area contributed by atoms with E-state index >= 15 is 0 Å². The van der Waals surface area contributed by atoms with E-state index in [9.17, 15) is 4.79 Å². The number of nitrogens with one attached hydrogen (secondary N) is 3. The Morgan fingerprint density at radius 1 is 1.39 bits per heavy atom. The molecule has 0 saturated heterocycles. The Balaban J connectivity index is 1.58. The zero-order chi connectivity index (χ0) is 20.1. The molecule has 3 N–H and O–H groups in total. The summed E-state index contributed by atoms with van der Waals surface area (Å²) in [6, 6.07) is 10.9. The highest BCUT2D eigenvalue weighted by atomic mass is 35.5. The smallest absolute Gasteiger partial charge is 0.261 e. The normalized spacial score (nSPS) is 15.3. The quantitative estimate of drug-likeness (QED) is 0.386. The van der Waals surface area contributed by atoms with E-state index in [-0.39, 0.29) is 12.0 Å². The molecule has 0 bridgehead atoms. The van der Waals surface area contributed by atoms with E-state index in [1.165, 1.54) is 11.3 Å². The fourth-order valence-electron chi connectivity index (χ4n) is 2.61. The van der Waals surface area contributed by atoms with Crippen LogP contribution in [0.15, 0.2) is 42.5 Å². The average Bonchev–Trinajstić information content (AvgIpc) is 3.35. The third-order valence-corrected chi connectivity index (χ3v) is 5.34. The first-order valence-corrected chi connectivity index (χ1v) is 9.68. The number of terminal acetylenes is 1. The van der Waals surface area contributed by atoms with Gasteiger partial charge in [-0.3, -0.25) is 20.5 Å². The molecule has 1 aromatic carbocycles. The standard InChI is InChI=1S/C20H19ClN4O2S/c1-3-10-25(2)19(22)14-6-4-13(5-7-14)16-11-15(27-24-16)12-23-20(26)17-8-9-18(21)28-17/h1,4-9,11,15,22,24H,10,12H2,2H3,(H,23,26). The van der Waals surface area contributed by atoms with Gasteiger partial charge in [0.2, 0.25) is 0 Å². The molecule has 0 spiro atoms. The number of rotatable bonds is 6. The van der Waals surface area contributed by atoms with E-state index in [1.807, 2.05) is 30.3 Å². The fraction of sp³-hybridized carbons (Fsp3) is 0.200. The summed E-state index contributed by atoms with van der Waals surface area (Å²) in [6.45, 7) is 0.719. The van der Waals surface area contributed by atoms with Gasteiger partial charge in [0.05, 0.1) is 28.0 Å². The van der Waals surface area contributed by atoms with Crippen LogP contribution < -0.4 is 10.8 Å². The Kier molecular flexibility index (Phi) is 6.37. The molecule has 1 atom stereocenters. The summed E-state index contributed by atoms with van der Waals surface area (Å²) in [5, 5.41) is 11.0. The molecule has 144 valence electrons. The van der Waals surface area contributed by atoms with Crippen molar-refractivity contribution in [2.75, 3.05) is 20.1 Å². The van der Waals surface area contributed by atoms with Crippen molar-refractivity contribution in [1.82, 2.24) is 15.7 Å². The zero-order valence-corrected chi connectivity index (χ0v) is 16.7. The molecule has 0 aliphatic carbocycles. The minimum absolute atomic E-state index is 0.179.